The molecule has 0 aromatic heterocycles. The second kappa shape index (κ2) is 5.67. The molecule has 0 atom stereocenters. The summed E-state index contributed by atoms with van der Waals surface area (Å²) in [7, 11) is 1.38. The molecule has 0 aliphatic carbocycles. The molecule has 0 amide bonds. The Balaban J connectivity index is 2.57. The molecular formula is C14H10Br2O2. The predicted octanol–water partition coefficient (Wildman–Crippen LogP) is 4.67. The first-order valence-electron chi connectivity index (χ1n) is 5.25. The van der Waals surface area contributed by atoms with E-state index in [-0.39, 0.29) is 5.97 Å². The van der Waals surface area contributed by atoms with Crippen LogP contribution in [0.4, 0.5) is 0 Å². The van der Waals surface area contributed by atoms with Gasteiger partial charge in [0.05, 0.1) is 12.7 Å². The van der Waals surface area contributed by atoms with E-state index >= 15 is 0 Å². The highest BCUT2D eigenvalue weighted by molar-refractivity contribution is 9.10. The molecule has 0 saturated carbocycles. The van der Waals surface area contributed by atoms with E-state index in [1.165, 1.54) is 7.11 Å². The molecule has 0 N–H and O–H groups in total. The van der Waals surface area contributed by atoms with Crippen LogP contribution in [0.3, 0.4) is 0 Å². The molecule has 0 fully saturated rings. The molecule has 0 unspecified atom stereocenters. The van der Waals surface area contributed by atoms with Crippen molar-refractivity contribution in [2.75, 3.05) is 7.11 Å². The lowest BCUT2D eigenvalue weighted by Gasteiger charge is -2.09. The average Bonchev–Trinajstić information content (AvgIpc) is 2.38. The first-order valence-corrected chi connectivity index (χ1v) is 6.84. The van der Waals surface area contributed by atoms with Crippen LogP contribution in [0.2, 0.25) is 0 Å². The third-order valence-electron chi connectivity index (χ3n) is 2.54. The van der Waals surface area contributed by atoms with Gasteiger partial charge >= 0.3 is 5.97 Å². The van der Waals surface area contributed by atoms with E-state index in [0.29, 0.717) is 5.56 Å². The van der Waals surface area contributed by atoms with E-state index in [0.717, 1.165) is 20.1 Å². The lowest BCUT2D eigenvalue weighted by atomic mass is 10.00. The topological polar surface area (TPSA) is 26.3 Å². The molecule has 2 nitrogen and oxygen atoms in total. The first kappa shape index (κ1) is 13.3. The van der Waals surface area contributed by atoms with Crippen molar-refractivity contribution in [2.45, 2.75) is 0 Å². The number of carbonyl (C=O) groups is 1. The van der Waals surface area contributed by atoms with E-state index in [2.05, 4.69) is 31.9 Å². The van der Waals surface area contributed by atoms with Crippen molar-refractivity contribution in [3.8, 4) is 11.1 Å². The maximum atomic E-state index is 11.7. The zero-order valence-electron chi connectivity index (χ0n) is 9.61. The maximum Gasteiger partial charge on any atom is 0.338 e. The minimum absolute atomic E-state index is 0.333. The predicted molar refractivity (Wildman–Crippen MR) is 78.6 cm³/mol. The summed E-state index contributed by atoms with van der Waals surface area (Å²) >= 11 is 6.81. The number of rotatable bonds is 2. The molecule has 0 radical (unpaired) electrons. The Morgan fingerprint density at radius 3 is 2.22 bits per heavy atom. The van der Waals surface area contributed by atoms with E-state index in [4.69, 9.17) is 4.74 Å². The highest BCUT2D eigenvalue weighted by Crippen LogP contribution is 2.28. The zero-order chi connectivity index (χ0) is 13.1. The highest BCUT2D eigenvalue weighted by atomic mass is 79.9. The fourth-order valence-electron chi connectivity index (χ4n) is 1.67. The molecule has 0 aliphatic heterocycles. The Hall–Kier alpha value is -1.13. The van der Waals surface area contributed by atoms with E-state index in [1.54, 1.807) is 6.07 Å². The van der Waals surface area contributed by atoms with Crippen LogP contribution in [-0.2, 0) is 4.74 Å². The normalized spacial score (nSPS) is 10.2. The van der Waals surface area contributed by atoms with Crippen molar-refractivity contribution in [3.63, 3.8) is 0 Å². The van der Waals surface area contributed by atoms with Gasteiger partial charge < -0.3 is 4.74 Å². The number of hydrogen-bond acceptors (Lipinski definition) is 2. The van der Waals surface area contributed by atoms with Crippen molar-refractivity contribution in [2.24, 2.45) is 0 Å². The quantitative estimate of drug-likeness (QED) is 0.719. The summed E-state index contributed by atoms with van der Waals surface area (Å²) in [6, 6.07) is 13.3. The van der Waals surface area contributed by atoms with Gasteiger partial charge in [0.2, 0.25) is 0 Å². The maximum absolute atomic E-state index is 11.7. The summed E-state index contributed by atoms with van der Waals surface area (Å²) in [5.74, 6) is -0.333. The van der Waals surface area contributed by atoms with Gasteiger partial charge in [0.25, 0.3) is 0 Å². The molecule has 0 spiro atoms. The van der Waals surface area contributed by atoms with Crippen LogP contribution in [0.5, 0.6) is 0 Å². The molecule has 0 bridgehead atoms. The number of ether oxygens (including phenoxy) is 1. The number of hydrogen-bond donors (Lipinski definition) is 0. The second-order valence-corrected chi connectivity index (χ2v) is 5.52. The SMILES string of the molecule is COC(=O)c1ccc(Br)cc1-c1ccc(Br)cc1. The number of methoxy groups -OCH3 is 1. The summed E-state index contributed by atoms with van der Waals surface area (Å²) in [6.07, 6.45) is 0. The van der Waals surface area contributed by atoms with Crippen LogP contribution in [-0.4, -0.2) is 13.1 Å². The van der Waals surface area contributed by atoms with Gasteiger partial charge in [-0.25, -0.2) is 4.79 Å². The van der Waals surface area contributed by atoms with E-state index in [9.17, 15) is 4.79 Å². The molecule has 0 saturated heterocycles. The van der Waals surface area contributed by atoms with Crippen molar-refractivity contribution >= 4 is 37.8 Å². The molecule has 2 aromatic carbocycles. The summed E-state index contributed by atoms with van der Waals surface area (Å²) in [5.41, 5.74) is 2.38. The van der Waals surface area contributed by atoms with Gasteiger partial charge in [-0.15, -0.1) is 0 Å². The van der Waals surface area contributed by atoms with Crippen molar-refractivity contribution in [1.29, 1.82) is 0 Å². The first-order chi connectivity index (χ1) is 8.61. The van der Waals surface area contributed by atoms with E-state index in [1.807, 2.05) is 36.4 Å². The van der Waals surface area contributed by atoms with Gasteiger partial charge in [-0.1, -0.05) is 44.0 Å². The third kappa shape index (κ3) is 2.82. The molecule has 0 aliphatic rings. The average molecular weight is 370 g/mol. The summed E-state index contributed by atoms with van der Waals surface area (Å²) in [6.45, 7) is 0. The second-order valence-electron chi connectivity index (χ2n) is 3.69. The van der Waals surface area contributed by atoms with Crippen molar-refractivity contribution in [1.82, 2.24) is 0 Å². The fraction of sp³-hybridized carbons (Fsp3) is 0.0714. The molecule has 4 heteroatoms. The number of halogens is 2. The molecule has 2 rings (SSSR count). The molecule has 18 heavy (non-hydrogen) atoms. The molecule has 2 aromatic rings. The Morgan fingerprint density at radius 1 is 1.00 bits per heavy atom. The monoisotopic (exact) mass is 368 g/mol. The Bertz CT molecular complexity index is 577. The standard InChI is InChI=1S/C14H10Br2O2/c1-18-14(17)12-7-6-11(16)8-13(12)9-2-4-10(15)5-3-9/h2-8H,1H3. The highest BCUT2D eigenvalue weighted by Gasteiger charge is 2.13. The van der Waals surface area contributed by atoms with Gasteiger partial charge in [-0.3, -0.25) is 0 Å². The largest absolute Gasteiger partial charge is 0.465 e. The molecular weight excluding hydrogens is 360 g/mol. The van der Waals surface area contributed by atoms with E-state index < -0.39 is 0 Å². The minimum Gasteiger partial charge on any atom is -0.465 e. The Kier molecular flexibility index (Phi) is 4.19. The van der Waals surface area contributed by atoms with Crippen LogP contribution in [0, 0.1) is 0 Å². The summed E-state index contributed by atoms with van der Waals surface area (Å²) < 4.78 is 6.72. The Labute approximate surface area is 122 Å². The number of carbonyl (C=O) groups excluding carboxylic acids is 1. The van der Waals surface area contributed by atoms with Crippen LogP contribution in [0.1, 0.15) is 10.4 Å². The van der Waals surface area contributed by atoms with Crippen LogP contribution >= 0.6 is 31.9 Å². The van der Waals surface area contributed by atoms with Crippen molar-refractivity contribution < 1.29 is 9.53 Å². The van der Waals surface area contributed by atoms with Crippen LogP contribution in [0.15, 0.2) is 51.4 Å². The van der Waals surface area contributed by atoms with Crippen LogP contribution in [0.25, 0.3) is 11.1 Å². The van der Waals surface area contributed by atoms with Gasteiger partial charge in [0.1, 0.15) is 0 Å². The van der Waals surface area contributed by atoms with Gasteiger partial charge in [0, 0.05) is 8.95 Å². The molecule has 0 heterocycles. The zero-order valence-corrected chi connectivity index (χ0v) is 12.8. The number of benzene rings is 2. The summed E-state index contributed by atoms with van der Waals surface area (Å²) in [5, 5.41) is 0. The lowest BCUT2D eigenvalue weighted by molar-refractivity contribution is 0.0601. The fourth-order valence-corrected chi connectivity index (χ4v) is 2.30. The number of esters is 1. The minimum atomic E-state index is -0.333. The lowest BCUT2D eigenvalue weighted by Crippen LogP contribution is -2.03. The van der Waals surface area contributed by atoms with Gasteiger partial charge in [0.15, 0.2) is 0 Å². The van der Waals surface area contributed by atoms with Crippen LogP contribution < -0.4 is 0 Å². The van der Waals surface area contributed by atoms with Crippen molar-refractivity contribution in [3.05, 3.63) is 57.0 Å². The van der Waals surface area contributed by atoms with Gasteiger partial charge in [-0.05, 0) is 41.5 Å². The summed E-state index contributed by atoms with van der Waals surface area (Å²) in [4.78, 5) is 11.7. The van der Waals surface area contributed by atoms with Gasteiger partial charge in [-0.2, -0.15) is 0 Å². The smallest absolute Gasteiger partial charge is 0.338 e. The Morgan fingerprint density at radius 2 is 1.61 bits per heavy atom. The molecule has 92 valence electrons. The third-order valence-corrected chi connectivity index (χ3v) is 3.56.